The highest BCUT2D eigenvalue weighted by molar-refractivity contribution is 6.01. The number of hydrogen-bond acceptors (Lipinski definition) is 6. The average molecular weight is 584 g/mol. The van der Waals surface area contributed by atoms with E-state index < -0.39 is 23.5 Å². The summed E-state index contributed by atoms with van der Waals surface area (Å²) in [7, 11) is 0. The van der Waals surface area contributed by atoms with E-state index in [2.05, 4.69) is 37.8 Å². The van der Waals surface area contributed by atoms with Crippen LogP contribution in [-0.4, -0.2) is 55.1 Å². The lowest BCUT2D eigenvalue weighted by Crippen LogP contribution is -2.51. The molecule has 0 aromatic heterocycles. The topological polar surface area (TPSA) is 145 Å². The van der Waals surface area contributed by atoms with Crippen molar-refractivity contribution in [3.05, 3.63) is 89.0 Å². The predicted octanol–water partition coefficient (Wildman–Crippen LogP) is 2.63. The number of nitrogens with one attached hydrogen (secondary N) is 4. The van der Waals surface area contributed by atoms with Gasteiger partial charge in [0.1, 0.15) is 5.82 Å². The van der Waals surface area contributed by atoms with Crippen molar-refractivity contribution in [3.63, 3.8) is 0 Å². The molecule has 2 heterocycles. The number of piperidine rings is 1. The lowest BCUT2D eigenvalue weighted by atomic mass is 10.0. The van der Waals surface area contributed by atoms with E-state index in [0.717, 1.165) is 35.7 Å². The summed E-state index contributed by atoms with van der Waals surface area (Å²) in [6, 6.07) is 8.98. The van der Waals surface area contributed by atoms with Gasteiger partial charge >= 0.3 is 6.03 Å². The molecule has 1 saturated heterocycles. The van der Waals surface area contributed by atoms with E-state index in [0.29, 0.717) is 50.8 Å². The van der Waals surface area contributed by atoms with Crippen LogP contribution in [0.5, 0.6) is 0 Å². The van der Waals surface area contributed by atoms with Crippen LogP contribution in [0.3, 0.4) is 0 Å². The summed E-state index contributed by atoms with van der Waals surface area (Å²) in [5, 5.41) is 12.0. The molecule has 0 saturated carbocycles. The number of carbonyl (C=O) groups excluding carboxylic acids is 1. The molecule has 1 fully saturated rings. The number of benzene rings is 2. The zero-order valence-electron chi connectivity index (χ0n) is 23.2. The first-order chi connectivity index (χ1) is 20.2. The second-order valence-corrected chi connectivity index (χ2v) is 10.2. The highest BCUT2D eigenvalue weighted by Gasteiger charge is 2.23. The fourth-order valence-corrected chi connectivity index (χ4v) is 4.70. The number of carbonyl (C=O) groups is 1. The number of allylic oxidation sites excluding steroid dienone is 1. The molecule has 10 nitrogen and oxygen atoms in total. The third-order valence-corrected chi connectivity index (χ3v) is 6.96. The Balaban J connectivity index is 1.20. The van der Waals surface area contributed by atoms with Gasteiger partial charge in [0.05, 0.1) is 0 Å². The molecule has 0 unspecified atom stereocenters. The molecule has 2 aromatic rings. The molecule has 0 atom stereocenters. The molecular formula is C29H36F3N9O. The highest BCUT2D eigenvalue weighted by Crippen LogP contribution is 2.23. The maximum Gasteiger partial charge on any atom is 0.321 e. The van der Waals surface area contributed by atoms with Gasteiger partial charge in [0, 0.05) is 67.9 Å². The van der Waals surface area contributed by atoms with Crippen molar-refractivity contribution in [3.8, 4) is 0 Å². The zero-order valence-corrected chi connectivity index (χ0v) is 23.2. The zero-order chi connectivity index (χ0) is 30.1. The van der Waals surface area contributed by atoms with Gasteiger partial charge in [-0.3, -0.25) is 15.2 Å². The number of guanidine groups is 2. The van der Waals surface area contributed by atoms with Gasteiger partial charge < -0.3 is 27.4 Å². The molecule has 0 aliphatic carbocycles. The summed E-state index contributed by atoms with van der Waals surface area (Å²) in [4.78, 5) is 22.8. The van der Waals surface area contributed by atoms with Gasteiger partial charge in [0.2, 0.25) is 5.96 Å². The molecule has 13 heteroatoms. The summed E-state index contributed by atoms with van der Waals surface area (Å²) < 4.78 is 40.6. The van der Waals surface area contributed by atoms with E-state index in [1.807, 2.05) is 29.2 Å². The molecule has 0 spiro atoms. The monoisotopic (exact) mass is 583 g/mol. The number of rotatable bonds is 10. The molecule has 2 aliphatic rings. The Morgan fingerprint density at radius 2 is 1.81 bits per heavy atom. The lowest BCUT2D eigenvalue weighted by molar-refractivity contribution is 0.186. The smallest absolute Gasteiger partial charge is 0.321 e. The minimum Gasteiger partial charge on any atom is -0.370 e. The molecule has 2 amide bonds. The van der Waals surface area contributed by atoms with Gasteiger partial charge in [-0.05, 0) is 43.0 Å². The van der Waals surface area contributed by atoms with Crippen LogP contribution in [0.2, 0.25) is 0 Å². The van der Waals surface area contributed by atoms with Gasteiger partial charge in [0.25, 0.3) is 0 Å². The Morgan fingerprint density at radius 3 is 2.50 bits per heavy atom. The van der Waals surface area contributed by atoms with Crippen LogP contribution in [0.25, 0.3) is 5.57 Å². The molecule has 0 bridgehead atoms. The van der Waals surface area contributed by atoms with E-state index in [9.17, 15) is 18.0 Å². The number of nitrogens with two attached hydrogens (primary N) is 2. The normalized spacial score (nSPS) is 15.8. The number of amides is 2. The first-order valence-corrected chi connectivity index (χ1v) is 13.7. The molecule has 2 aromatic carbocycles. The van der Waals surface area contributed by atoms with Crippen molar-refractivity contribution in [1.29, 1.82) is 0 Å². The minimum absolute atomic E-state index is 0.0965. The molecule has 224 valence electrons. The molecule has 2 aliphatic heterocycles. The summed E-state index contributed by atoms with van der Waals surface area (Å²) >= 11 is 0. The van der Waals surface area contributed by atoms with E-state index in [4.69, 9.17) is 11.5 Å². The fourth-order valence-electron chi connectivity index (χ4n) is 4.70. The van der Waals surface area contributed by atoms with Crippen LogP contribution in [0.15, 0.2) is 64.9 Å². The number of urea groups is 1. The fraction of sp³-hybridized carbons (Fsp3) is 0.345. The van der Waals surface area contributed by atoms with Crippen molar-refractivity contribution in [1.82, 2.24) is 26.2 Å². The van der Waals surface area contributed by atoms with Crippen LogP contribution < -0.4 is 32.7 Å². The number of hydrogen-bond donors (Lipinski definition) is 6. The standard InChI is InChI=1S/C29H36F3N9O/c1-18-23(20-5-3-19(4-6-20)15-35-9-2-10-36-27(33)34)16-37-28(38-18)40-29(42)39-22-7-11-41(12-8-22)17-21-13-25(31)26(32)14-24(21)30/h3-6,13-14,16,22,35H,1-2,7-12,15,17H2,(H4,33,34,36)(H3,37,38,39,40,42). The number of nitrogens with zero attached hydrogens (tertiary/aromatic N) is 3. The number of aliphatic imine (C=N–C) groups is 2. The third kappa shape index (κ3) is 8.82. The molecule has 8 N–H and O–H groups in total. The first kappa shape index (κ1) is 30.6. The summed E-state index contributed by atoms with van der Waals surface area (Å²) in [6.07, 6.45) is 3.74. The largest absolute Gasteiger partial charge is 0.370 e. The summed E-state index contributed by atoms with van der Waals surface area (Å²) in [5.74, 6) is -2.69. The summed E-state index contributed by atoms with van der Waals surface area (Å²) in [6.45, 7) is 7.47. The molecule has 4 rings (SSSR count). The Bertz CT molecular complexity index is 1360. The van der Waals surface area contributed by atoms with Crippen molar-refractivity contribution in [2.75, 3.05) is 26.2 Å². The minimum atomic E-state index is -1.20. The van der Waals surface area contributed by atoms with E-state index in [1.54, 1.807) is 6.20 Å². The van der Waals surface area contributed by atoms with Gasteiger partial charge in [0.15, 0.2) is 17.6 Å². The van der Waals surface area contributed by atoms with Crippen LogP contribution in [-0.2, 0) is 13.1 Å². The van der Waals surface area contributed by atoms with Gasteiger partial charge in [-0.1, -0.05) is 30.8 Å². The average Bonchev–Trinajstić information content (AvgIpc) is 2.95. The lowest BCUT2D eigenvalue weighted by Gasteiger charge is -2.32. The Hall–Kier alpha value is -4.36. The van der Waals surface area contributed by atoms with E-state index in [1.165, 1.54) is 0 Å². The van der Waals surface area contributed by atoms with Crippen molar-refractivity contribution in [2.45, 2.75) is 38.4 Å². The van der Waals surface area contributed by atoms with E-state index >= 15 is 0 Å². The number of halogens is 3. The van der Waals surface area contributed by atoms with Crippen LogP contribution in [0, 0.1) is 17.5 Å². The Labute approximate surface area is 242 Å². The maximum absolute atomic E-state index is 14.0. The van der Waals surface area contributed by atoms with Crippen molar-refractivity contribution < 1.29 is 18.0 Å². The quantitative estimate of drug-likeness (QED) is 0.110. The van der Waals surface area contributed by atoms with Crippen LogP contribution in [0.4, 0.5) is 18.0 Å². The Morgan fingerprint density at radius 1 is 1.10 bits per heavy atom. The van der Waals surface area contributed by atoms with Gasteiger partial charge in [-0.15, -0.1) is 0 Å². The SMILES string of the molecule is C=C1NC(NC(=O)NC2CCN(Cc3cc(F)c(F)cc3F)CC2)=NC=C1c1ccc(CNCCCN=C(N)N)cc1. The van der Waals surface area contributed by atoms with Crippen molar-refractivity contribution >= 4 is 23.5 Å². The number of likely N-dealkylation sites (tertiary alicyclic amines) is 1. The van der Waals surface area contributed by atoms with Crippen molar-refractivity contribution in [2.24, 2.45) is 21.5 Å². The first-order valence-electron chi connectivity index (χ1n) is 13.7. The predicted molar refractivity (Wildman–Crippen MR) is 157 cm³/mol. The Kier molecular flexibility index (Phi) is 10.6. The molecule has 0 radical (unpaired) electrons. The van der Waals surface area contributed by atoms with Gasteiger partial charge in [-0.25, -0.2) is 23.0 Å². The maximum atomic E-state index is 14.0. The third-order valence-electron chi connectivity index (χ3n) is 6.96. The van der Waals surface area contributed by atoms with Crippen LogP contribution in [0.1, 0.15) is 36.0 Å². The van der Waals surface area contributed by atoms with E-state index in [-0.39, 0.29) is 30.1 Å². The second kappa shape index (κ2) is 14.5. The summed E-state index contributed by atoms with van der Waals surface area (Å²) in [5.41, 5.74) is 14.2. The molecule has 42 heavy (non-hydrogen) atoms. The highest BCUT2D eigenvalue weighted by atomic mass is 19.2. The van der Waals surface area contributed by atoms with Crippen LogP contribution >= 0.6 is 0 Å². The van der Waals surface area contributed by atoms with Gasteiger partial charge in [-0.2, -0.15) is 0 Å². The molecular weight excluding hydrogens is 547 g/mol. The second-order valence-electron chi connectivity index (χ2n) is 10.2.